The van der Waals surface area contributed by atoms with Crippen LogP contribution in [-0.4, -0.2) is 18.3 Å². The number of aryl methyl sites for hydroxylation is 1. The zero-order valence-corrected chi connectivity index (χ0v) is 13.3. The van der Waals surface area contributed by atoms with Crippen LogP contribution in [0.4, 0.5) is 0 Å². The molecule has 0 spiro atoms. The number of benzene rings is 2. The molecule has 0 bridgehead atoms. The van der Waals surface area contributed by atoms with Crippen LogP contribution in [0.1, 0.15) is 12.0 Å². The van der Waals surface area contributed by atoms with Crippen molar-refractivity contribution < 1.29 is 19.0 Å². The number of rotatable bonds is 6. The van der Waals surface area contributed by atoms with Gasteiger partial charge in [-0.3, -0.25) is 0 Å². The van der Waals surface area contributed by atoms with Gasteiger partial charge in [-0.15, -0.1) is 0 Å². The molecule has 0 unspecified atom stereocenters. The Bertz CT molecular complexity index is 898. The molecule has 3 aromatic rings. The Morgan fingerprint density at radius 3 is 2.50 bits per heavy atom. The highest BCUT2D eigenvalue weighted by Gasteiger charge is 2.06. The van der Waals surface area contributed by atoms with E-state index in [0.717, 1.165) is 23.8 Å². The lowest BCUT2D eigenvalue weighted by molar-refractivity contribution is 0.247. The number of fused-ring (bicyclic) bond motifs is 1. The van der Waals surface area contributed by atoms with Gasteiger partial charge in [-0.1, -0.05) is 12.1 Å². The molecular weight excluding hydrogens is 308 g/mol. The number of aromatic hydroxyl groups is 1. The van der Waals surface area contributed by atoms with Crippen molar-refractivity contribution >= 4 is 11.0 Å². The van der Waals surface area contributed by atoms with Gasteiger partial charge in [0.05, 0.1) is 24.7 Å². The summed E-state index contributed by atoms with van der Waals surface area (Å²) in [5, 5.41) is 10.2. The Hall–Kier alpha value is -2.95. The second kappa shape index (κ2) is 7.08. The van der Waals surface area contributed by atoms with Crippen LogP contribution < -0.4 is 15.1 Å². The summed E-state index contributed by atoms with van der Waals surface area (Å²) in [5.74, 6) is 1.32. The highest BCUT2D eigenvalue weighted by atomic mass is 16.5. The third kappa shape index (κ3) is 3.87. The van der Waals surface area contributed by atoms with Gasteiger partial charge in [0, 0.05) is 12.5 Å². The Labute approximate surface area is 139 Å². The maximum Gasteiger partial charge on any atom is 0.339 e. The predicted octanol–water partition coefficient (Wildman–Crippen LogP) is 3.65. The number of hydrogen-bond donors (Lipinski definition) is 1. The van der Waals surface area contributed by atoms with Crippen LogP contribution >= 0.6 is 0 Å². The molecule has 0 amide bonds. The van der Waals surface area contributed by atoms with Crippen molar-refractivity contribution in [3.8, 4) is 17.2 Å². The summed E-state index contributed by atoms with van der Waals surface area (Å²) in [5.41, 5.74) is 0.863. The third-order valence-corrected chi connectivity index (χ3v) is 3.51. The smallest absolute Gasteiger partial charge is 0.339 e. The molecule has 24 heavy (non-hydrogen) atoms. The molecule has 5 heteroatoms. The van der Waals surface area contributed by atoms with E-state index in [4.69, 9.17) is 13.9 Å². The predicted molar refractivity (Wildman–Crippen MR) is 90.9 cm³/mol. The van der Waals surface area contributed by atoms with Gasteiger partial charge in [-0.25, -0.2) is 4.79 Å². The highest BCUT2D eigenvalue weighted by molar-refractivity contribution is 5.83. The van der Waals surface area contributed by atoms with E-state index in [0.29, 0.717) is 29.9 Å². The Morgan fingerprint density at radius 2 is 1.75 bits per heavy atom. The highest BCUT2D eigenvalue weighted by Crippen LogP contribution is 2.26. The van der Waals surface area contributed by atoms with Crippen LogP contribution in [0, 0.1) is 6.92 Å². The topological polar surface area (TPSA) is 68.9 Å². The summed E-state index contributed by atoms with van der Waals surface area (Å²) >= 11 is 0. The summed E-state index contributed by atoms with van der Waals surface area (Å²) in [6.45, 7) is 3.04. The van der Waals surface area contributed by atoms with Crippen LogP contribution in [0.2, 0.25) is 0 Å². The van der Waals surface area contributed by atoms with Crippen LogP contribution in [0.25, 0.3) is 11.0 Å². The molecule has 2 aromatic carbocycles. The van der Waals surface area contributed by atoms with E-state index in [1.165, 1.54) is 0 Å². The standard InChI is InChI=1S/C19H18O5/c1-13-4-2-5-14(10-13)22-8-3-9-23-15-6-7-16-17(20)12-19(21)24-18(16)11-15/h2,4-7,10-12,20H,3,8-9H2,1H3. The van der Waals surface area contributed by atoms with E-state index in [9.17, 15) is 9.90 Å². The van der Waals surface area contributed by atoms with Crippen molar-refractivity contribution in [2.75, 3.05) is 13.2 Å². The van der Waals surface area contributed by atoms with E-state index in [1.807, 2.05) is 31.2 Å². The fourth-order valence-corrected chi connectivity index (χ4v) is 2.36. The van der Waals surface area contributed by atoms with E-state index < -0.39 is 5.63 Å². The molecule has 0 atom stereocenters. The summed E-state index contributed by atoms with van der Waals surface area (Å²) in [6.07, 6.45) is 0.718. The average Bonchev–Trinajstić information content (AvgIpc) is 2.54. The molecular formula is C19H18O5. The SMILES string of the molecule is Cc1cccc(OCCCOc2ccc3c(O)cc(=O)oc3c2)c1. The van der Waals surface area contributed by atoms with Gasteiger partial charge in [-0.05, 0) is 36.8 Å². The lowest BCUT2D eigenvalue weighted by Crippen LogP contribution is -2.05. The van der Waals surface area contributed by atoms with Crippen molar-refractivity contribution in [1.82, 2.24) is 0 Å². The average molecular weight is 326 g/mol. The second-order valence-electron chi connectivity index (χ2n) is 5.48. The normalized spacial score (nSPS) is 10.7. The molecule has 0 radical (unpaired) electrons. The van der Waals surface area contributed by atoms with E-state index in [2.05, 4.69) is 0 Å². The van der Waals surface area contributed by atoms with Gasteiger partial charge in [0.1, 0.15) is 22.8 Å². The van der Waals surface area contributed by atoms with Gasteiger partial charge in [-0.2, -0.15) is 0 Å². The zero-order chi connectivity index (χ0) is 16.9. The minimum atomic E-state index is -0.594. The molecule has 0 fully saturated rings. The van der Waals surface area contributed by atoms with Gasteiger partial charge in [0.25, 0.3) is 0 Å². The van der Waals surface area contributed by atoms with Gasteiger partial charge >= 0.3 is 5.63 Å². The Kier molecular flexibility index (Phi) is 4.70. The third-order valence-electron chi connectivity index (χ3n) is 3.51. The van der Waals surface area contributed by atoms with Crippen molar-refractivity contribution in [1.29, 1.82) is 0 Å². The summed E-state index contributed by atoms with van der Waals surface area (Å²) < 4.78 is 16.3. The summed E-state index contributed by atoms with van der Waals surface area (Å²) in [4.78, 5) is 11.3. The first-order valence-corrected chi connectivity index (χ1v) is 7.71. The summed E-state index contributed by atoms with van der Waals surface area (Å²) in [7, 11) is 0. The molecule has 1 heterocycles. The van der Waals surface area contributed by atoms with Crippen LogP contribution in [0.15, 0.2) is 57.7 Å². The first kappa shape index (κ1) is 15.9. The van der Waals surface area contributed by atoms with Crippen molar-refractivity contribution in [2.45, 2.75) is 13.3 Å². The molecule has 5 nitrogen and oxygen atoms in total. The summed E-state index contributed by atoms with van der Waals surface area (Å²) in [6, 6.07) is 13.9. The maximum atomic E-state index is 11.3. The molecule has 0 aliphatic rings. The molecule has 1 aromatic heterocycles. The van der Waals surface area contributed by atoms with Crippen LogP contribution in [0.5, 0.6) is 17.2 Å². The monoisotopic (exact) mass is 326 g/mol. The molecule has 1 N–H and O–H groups in total. The van der Waals surface area contributed by atoms with E-state index in [1.54, 1.807) is 18.2 Å². The number of ether oxygens (including phenoxy) is 2. The quantitative estimate of drug-likeness (QED) is 0.553. The molecule has 0 saturated carbocycles. The Morgan fingerprint density at radius 1 is 1.00 bits per heavy atom. The lowest BCUT2D eigenvalue weighted by Gasteiger charge is -2.09. The molecule has 0 saturated heterocycles. The molecule has 0 aliphatic carbocycles. The maximum absolute atomic E-state index is 11.3. The van der Waals surface area contributed by atoms with Gasteiger partial charge < -0.3 is 19.0 Å². The van der Waals surface area contributed by atoms with Crippen molar-refractivity contribution in [3.63, 3.8) is 0 Å². The second-order valence-corrected chi connectivity index (χ2v) is 5.48. The number of hydrogen-bond acceptors (Lipinski definition) is 5. The molecule has 0 aliphatic heterocycles. The van der Waals surface area contributed by atoms with E-state index in [-0.39, 0.29) is 5.75 Å². The van der Waals surface area contributed by atoms with Gasteiger partial charge in [0.15, 0.2) is 0 Å². The van der Waals surface area contributed by atoms with Crippen molar-refractivity contribution in [3.05, 3.63) is 64.5 Å². The van der Waals surface area contributed by atoms with E-state index >= 15 is 0 Å². The Balaban J connectivity index is 1.53. The fraction of sp³-hybridized carbons (Fsp3) is 0.211. The van der Waals surface area contributed by atoms with Gasteiger partial charge in [0.2, 0.25) is 0 Å². The fourth-order valence-electron chi connectivity index (χ4n) is 2.36. The van der Waals surface area contributed by atoms with Crippen molar-refractivity contribution in [2.24, 2.45) is 0 Å². The first-order valence-electron chi connectivity index (χ1n) is 7.71. The minimum absolute atomic E-state index is 0.0978. The van der Waals surface area contributed by atoms with Crippen LogP contribution in [-0.2, 0) is 0 Å². The minimum Gasteiger partial charge on any atom is -0.507 e. The molecule has 124 valence electrons. The lowest BCUT2D eigenvalue weighted by atomic mass is 10.2. The molecule has 3 rings (SSSR count). The zero-order valence-electron chi connectivity index (χ0n) is 13.3. The largest absolute Gasteiger partial charge is 0.507 e. The first-order chi connectivity index (χ1) is 11.6. The van der Waals surface area contributed by atoms with Crippen LogP contribution in [0.3, 0.4) is 0 Å².